The molecule has 0 bridgehead atoms. The Morgan fingerprint density at radius 1 is 1.03 bits per heavy atom. The number of benzene rings is 2. The molecule has 0 aromatic heterocycles. The maximum absolute atomic E-state index is 13.4. The Kier molecular flexibility index (Phi) is 6.30. The Bertz CT molecular complexity index is 1220. The van der Waals surface area contributed by atoms with Gasteiger partial charge < -0.3 is 0 Å². The van der Waals surface area contributed by atoms with Crippen LogP contribution in [0.4, 0.5) is 5.69 Å². The molecule has 1 aliphatic heterocycles. The summed E-state index contributed by atoms with van der Waals surface area (Å²) >= 11 is 5.91. The number of non-ortho nitro benzene ring substituents is 1. The molecule has 34 heavy (non-hydrogen) atoms. The number of carbonyl (C=O) groups excluding carboxylic acids is 4. The van der Waals surface area contributed by atoms with Gasteiger partial charge in [-0.05, 0) is 56.2 Å². The molecule has 0 radical (unpaired) electrons. The van der Waals surface area contributed by atoms with Crippen LogP contribution < -0.4 is 0 Å². The Morgan fingerprint density at radius 2 is 1.62 bits per heavy atom. The lowest BCUT2D eigenvalue weighted by atomic mass is 9.82. The van der Waals surface area contributed by atoms with E-state index in [9.17, 15) is 29.3 Å². The summed E-state index contributed by atoms with van der Waals surface area (Å²) in [7, 11) is 0. The fourth-order valence-electron chi connectivity index (χ4n) is 4.23. The van der Waals surface area contributed by atoms with Crippen molar-refractivity contribution in [2.45, 2.75) is 19.8 Å². The normalized spacial score (nSPS) is 19.5. The molecule has 3 amide bonds. The van der Waals surface area contributed by atoms with Crippen molar-refractivity contribution in [1.29, 1.82) is 0 Å². The number of imide groups is 1. The summed E-state index contributed by atoms with van der Waals surface area (Å²) in [6.07, 6.45) is 2.70. The highest BCUT2D eigenvalue weighted by molar-refractivity contribution is 6.30. The van der Waals surface area contributed by atoms with Crippen LogP contribution in [0, 0.1) is 22.0 Å². The molecule has 2 atom stereocenters. The van der Waals surface area contributed by atoms with E-state index >= 15 is 0 Å². The molecular formula is C24H20ClN3O6. The molecule has 4 rings (SSSR count). The zero-order valence-electron chi connectivity index (χ0n) is 18.1. The van der Waals surface area contributed by atoms with Crippen molar-refractivity contribution >= 4 is 40.8 Å². The van der Waals surface area contributed by atoms with Crippen LogP contribution in [0.1, 0.15) is 40.5 Å². The first-order valence-corrected chi connectivity index (χ1v) is 10.9. The summed E-state index contributed by atoms with van der Waals surface area (Å²) in [6.45, 7) is 1.29. The lowest BCUT2D eigenvalue weighted by Gasteiger charge is -2.30. The summed E-state index contributed by atoms with van der Waals surface area (Å²) in [5, 5.41) is 12.9. The molecule has 0 N–H and O–H groups in total. The molecule has 2 aromatic carbocycles. The highest BCUT2D eigenvalue weighted by atomic mass is 35.5. The van der Waals surface area contributed by atoms with Crippen molar-refractivity contribution in [3.8, 4) is 0 Å². The van der Waals surface area contributed by atoms with E-state index in [1.807, 2.05) is 13.0 Å². The monoisotopic (exact) mass is 481 g/mol. The van der Waals surface area contributed by atoms with E-state index in [0.29, 0.717) is 17.9 Å². The zero-order chi connectivity index (χ0) is 24.6. The van der Waals surface area contributed by atoms with Crippen molar-refractivity contribution in [3.05, 3.63) is 86.4 Å². The van der Waals surface area contributed by atoms with Gasteiger partial charge in [-0.1, -0.05) is 23.3 Å². The van der Waals surface area contributed by atoms with Crippen molar-refractivity contribution < 1.29 is 24.1 Å². The molecule has 2 aliphatic rings. The third-order valence-electron chi connectivity index (χ3n) is 6.06. The minimum absolute atomic E-state index is 0.105. The van der Waals surface area contributed by atoms with E-state index in [4.69, 9.17) is 11.6 Å². The molecular weight excluding hydrogens is 462 g/mol. The number of amides is 3. The number of rotatable bonds is 6. The van der Waals surface area contributed by atoms with E-state index in [1.165, 1.54) is 48.5 Å². The van der Waals surface area contributed by atoms with Gasteiger partial charge in [-0.25, -0.2) is 5.01 Å². The van der Waals surface area contributed by atoms with Crippen LogP contribution >= 0.6 is 11.6 Å². The lowest BCUT2D eigenvalue weighted by Crippen LogP contribution is -2.52. The molecule has 1 heterocycles. The predicted molar refractivity (Wildman–Crippen MR) is 122 cm³/mol. The van der Waals surface area contributed by atoms with E-state index in [0.717, 1.165) is 15.6 Å². The van der Waals surface area contributed by atoms with Gasteiger partial charge in [-0.3, -0.25) is 29.3 Å². The van der Waals surface area contributed by atoms with E-state index in [1.54, 1.807) is 0 Å². The topological polar surface area (TPSA) is 118 Å². The average Bonchev–Trinajstić information content (AvgIpc) is 3.06. The number of hydrogen-bond donors (Lipinski definition) is 0. The molecule has 9 nitrogen and oxygen atoms in total. The van der Waals surface area contributed by atoms with Gasteiger partial charge in [0.15, 0.2) is 5.78 Å². The molecule has 1 saturated heterocycles. The number of fused-ring (bicyclic) bond motifs is 1. The molecule has 10 heteroatoms. The maximum Gasteiger partial charge on any atom is 0.273 e. The van der Waals surface area contributed by atoms with E-state index in [2.05, 4.69) is 0 Å². The third-order valence-corrected chi connectivity index (χ3v) is 6.31. The second kappa shape index (κ2) is 9.18. The number of nitrogens with zero attached hydrogens (tertiary/aromatic N) is 3. The van der Waals surface area contributed by atoms with Crippen LogP contribution in [0.3, 0.4) is 0 Å². The number of Topliss-reactive ketones (excluding diaryl/α,β-unsaturated/α-hetero) is 1. The van der Waals surface area contributed by atoms with Crippen LogP contribution in [0.5, 0.6) is 0 Å². The number of nitro groups is 1. The molecule has 1 aliphatic carbocycles. The van der Waals surface area contributed by atoms with Gasteiger partial charge in [0.25, 0.3) is 23.4 Å². The van der Waals surface area contributed by atoms with Crippen LogP contribution in [-0.4, -0.2) is 45.0 Å². The largest absolute Gasteiger partial charge is 0.292 e. The summed E-state index contributed by atoms with van der Waals surface area (Å²) in [5.41, 5.74) is 1.04. The van der Waals surface area contributed by atoms with Gasteiger partial charge in [0.05, 0.1) is 16.8 Å². The van der Waals surface area contributed by atoms with Gasteiger partial charge in [-0.15, -0.1) is 0 Å². The first-order valence-electron chi connectivity index (χ1n) is 10.6. The number of hydrogen-bond acceptors (Lipinski definition) is 6. The molecule has 0 saturated carbocycles. The van der Waals surface area contributed by atoms with Gasteiger partial charge in [0.2, 0.25) is 0 Å². The standard InChI is InChI=1S/C24H20ClN3O6/c1-14-2-11-19-20(12-14)24(32)27(23(19)31)26(22(30)16-3-7-17(25)8-4-16)13-21(29)15-5-9-18(10-6-15)28(33)34/h2-10,19-20H,11-13H2,1H3/t19-,20-/m1/s1. The van der Waals surface area contributed by atoms with Crippen LogP contribution in [0.15, 0.2) is 60.2 Å². The summed E-state index contributed by atoms with van der Waals surface area (Å²) in [4.78, 5) is 63.2. The molecule has 2 aromatic rings. The number of hydrazine groups is 1. The SMILES string of the molecule is CC1=CC[C@H]2C(=O)N(N(CC(=O)c3ccc([N+](=O)[O-])cc3)C(=O)c3ccc(Cl)cc3)C(=O)[C@@H]2C1. The van der Waals surface area contributed by atoms with Gasteiger partial charge >= 0.3 is 0 Å². The fraction of sp³-hybridized carbons (Fsp3) is 0.250. The number of nitro benzene ring substituents is 1. The maximum atomic E-state index is 13.4. The van der Waals surface area contributed by atoms with Gasteiger partial charge in [-0.2, -0.15) is 5.01 Å². The molecule has 0 spiro atoms. The quantitative estimate of drug-likeness (QED) is 0.203. The third kappa shape index (κ3) is 4.34. The Hall–Kier alpha value is -3.85. The number of allylic oxidation sites excluding steroid dienone is 2. The first-order chi connectivity index (χ1) is 16.2. The van der Waals surface area contributed by atoms with Crippen molar-refractivity contribution in [1.82, 2.24) is 10.0 Å². The Balaban J connectivity index is 1.67. The predicted octanol–water partition coefficient (Wildman–Crippen LogP) is 3.83. The fourth-order valence-corrected chi connectivity index (χ4v) is 4.36. The Morgan fingerprint density at radius 3 is 2.24 bits per heavy atom. The van der Waals surface area contributed by atoms with Crippen LogP contribution in [0.2, 0.25) is 5.02 Å². The van der Waals surface area contributed by atoms with Crippen molar-refractivity contribution in [3.63, 3.8) is 0 Å². The van der Waals surface area contributed by atoms with Gasteiger partial charge in [0, 0.05) is 28.3 Å². The lowest BCUT2D eigenvalue weighted by molar-refractivity contribution is -0.384. The van der Waals surface area contributed by atoms with Crippen LogP contribution in [-0.2, 0) is 9.59 Å². The summed E-state index contributed by atoms with van der Waals surface area (Å²) in [6, 6.07) is 10.8. The highest BCUT2D eigenvalue weighted by Gasteiger charge is 2.51. The average molecular weight is 482 g/mol. The van der Waals surface area contributed by atoms with Crippen molar-refractivity contribution in [2.24, 2.45) is 11.8 Å². The van der Waals surface area contributed by atoms with Gasteiger partial charge in [0.1, 0.15) is 6.54 Å². The Labute approximate surface area is 199 Å². The van der Waals surface area contributed by atoms with E-state index < -0.39 is 46.8 Å². The second-order valence-electron chi connectivity index (χ2n) is 8.29. The highest BCUT2D eigenvalue weighted by Crippen LogP contribution is 2.38. The minimum Gasteiger partial charge on any atom is -0.292 e. The molecule has 0 unspecified atom stereocenters. The van der Waals surface area contributed by atoms with E-state index in [-0.39, 0.29) is 16.8 Å². The number of carbonyl (C=O) groups is 4. The number of halogens is 1. The second-order valence-corrected chi connectivity index (χ2v) is 8.72. The zero-order valence-corrected chi connectivity index (χ0v) is 18.9. The minimum atomic E-state index is -0.711. The first kappa shape index (κ1) is 23.3. The number of ketones is 1. The molecule has 1 fully saturated rings. The van der Waals surface area contributed by atoms with Crippen molar-refractivity contribution in [2.75, 3.05) is 6.54 Å². The smallest absolute Gasteiger partial charge is 0.273 e. The summed E-state index contributed by atoms with van der Waals surface area (Å²) < 4.78 is 0. The molecule has 174 valence electrons. The van der Waals surface area contributed by atoms with Crippen LogP contribution in [0.25, 0.3) is 0 Å². The summed E-state index contributed by atoms with van der Waals surface area (Å²) in [5.74, 6) is -3.53.